The van der Waals surface area contributed by atoms with E-state index in [9.17, 15) is 9.18 Å². The van der Waals surface area contributed by atoms with E-state index >= 15 is 0 Å². The zero-order valence-corrected chi connectivity index (χ0v) is 16.6. The van der Waals surface area contributed by atoms with Gasteiger partial charge in [-0.2, -0.15) is 0 Å². The SMILES string of the molecule is CC12CCN(C(=O)c3ccc4c(c3)CC=N4)C(Cc3ccc(F)cc31)C2(C)C. The molecule has 1 fully saturated rings. The maximum atomic E-state index is 14.0. The van der Waals surface area contributed by atoms with Crippen molar-refractivity contribution >= 4 is 17.8 Å². The summed E-state index contributed by atoms with van der Waals surface area (Å²) in [5, 5.41) is 0. The Labute approximate surface area is 165 Å². The lowest BCUT2D eigenvalue weighted by Crippen LogP contribution is -2.64. The fourth-order valence-corrected chi connectivity index (χ4v) is 5.53. The number of halogens is 1. The number of rotatable bonds is 1. The summed E-state index contributed by atoms with van der Waals surface area (Å²) < 4.78 is 14.0. The summed E-state index contributed by atoms with van der Waals surface area (Å²) in [6, 6.07) is 11.1. The van der Waals surface area contributed by atoms with Gasteiger partial charge in [0.1, 0.15) is 5.82 Å². The maximum Gasteiger partial charge on any atom is 0.254 e. The van der Waals surface area contributed by atoms with Gasteiger partial charge in [0.05, 0.1) is 5.69 Å². The molecule has 28 heavy (non-hydrogen) atoms. The van der Waals surface area contributed by atoms with Crippen LogP contribution in [0.5, 0.6) is 0 Å². The molecule has 2 aromatic carbocycles. The van der Waals surface area contributed by atoms with E-state index in [0.717, 1.165) is 41.6 Å². The predicted molar refractivity (Wildman–Crippen MR) is 109 cm³/mol. The number of hydrogen-bond donors (Lipinski definition) is 0. The van der Waals surface area contributed by atoms with E-state index in [1.807, 2.05) is 30.5 Å². The summed E-state index contributed by atoms with van der Waals surface area (Å²) >= 11 is 0. The summed E-state index contributed by atoms with van der Waals surface area (Å²) in [7, 11) is 0. The highest BCUT2D eigenvalue weighted by atomic mass is 19.1. The Morgan fingerprint density at radius 2 is 1.96 bits per heavy atom. The molecule has 0 N–H and O–H groups in total. The molecule has 2 aromatic rings. The first-order chi connectivity index (χ1) is 13.3. The van der Waals surface area contributed by atoms with Crippen molar-refractivity contribution in [2.24, 2.45) is 10.4 Å². The first-order valence-corrected chi connectivity index (χ1v) is 10.1. The van der Waals surface area contributed by atoms with Crippen molar-refractivity contribution in [3.8, 4) is 0 Å². The lowest BCUT2D eigenvalue weighted by molar-refractivity contribution is -0.0263. The molecule has 4 heteroatoms. The highest BCUT2D eigenvalue weighted by Gasteiger charge is 2.56. The number of aliphatic imine (C=N–C) groups is 1. The summed E-state index contributed by atoms with van der Waals surface area (Å²) in [6.07, 6.45) is 4.30. The summed E-state index contributed by atoms with van der Waals surface area (Å²) in [6.45, 7) is 7.42. The zero-order chi connectivity index (χ0) is 19.7. The average Bonchev–Trinajstić information content (AvgIpc) is 3.13. The van der Waals surface area contributed by atoms with Crippen LogP contribution < -0.4 is 0 Å². The third-order valence-corrected chi connectivity index (χ3v) is 7.69. The van der Waals surface area contributed by atoms with Crippen LogP contribution >= 0.6 is 0 Å². The Morgan fingerprint density at radius 3 is 2.79 bits per heavy atom. The molecular weight excluding hydrogens is 351 g/mol. The first kappa shape index (κ1) is 17.6. The van der Waals surface area contributed by atoms with Crippen molar-refractivity contribution in [2.75, 3.05) is 6.54 Å². The first-order valence-electron chi connectivity index (χ1n) is 10.1. The number of piperidine rings is 1. The third kappa shape index (κ3) is 2.27. The molecule has 2 atom stereocenters. The monoisotopic (exact) mass is 376 g/mol. The van der Waals surface area contributed by atoms with E-state index < -0.39 is 0 Å². The minimum Gasteiger partial charge on any atom is -0.335 e. The summed E-state index contributed by atoms with van der Waals surface area (Å²) in [5.74, 6) is -0.0755. The van der Waals surface area contributed by atoms with Gasteiger partial charge in [-0.25, -0.2) is 4.39 Å². The molecule has 2 unspecified atom stereocenters. The number of amides is 1. The van der Waals surface area contributed by atoms with Gasteiger partial charge in [-0.05, 0) is 65.3 Å². The van der Waals surface area contributed by atoms with Gasteiger partial charge in [0.25, 0.3) is 5.91 Å². The highest BCUT2D eigenvalue weighted by Crippen LogP contribution is 2.56. The van der Waals surface area contributed by atoms with Crippen molar-refractivity contribution in [1.82, 2.24) is 4.90 Å². The number of nitrogens with zero attached hydrogens (tertiary/aromatic N) is 2. The minimum absolute atomic E-state index is 0.0976. The van der Waals surface area contributed by atoms with E-state index in [2.05, 4.69) is 30.7 Å². The van der Waals surface area contributed by atoms with Crippen LogP contribution in [0.4, 0.5) is 10.1 Å². The van der Waals surface area contributed by atoms with E-state index in [0.29, 0.717) is 6.54 Å². The second-order valence-electron chi connectivity index (χ2n) is 9.18. The number of carbonyl (C=O) groups excluding carboxylic acids is 1. The molecule has 5 rings (SSSR count). The smallest absolute Gasteiger partial charge is 0.254 e. The van der Waals surface area contributed by atoms with Crippen LogP contribution in [0.1, 0.15) is 54.2 Å². The molecule has 0 saturated carbocycles. The van der Waals surface area contributed by atoms with Crippen LogP contribution in [0, 0.1) is 11.2 Å². The van der Waals surface area contributed by atoms with Gasteiger partial charge >= 0.3 is 0 Å². The van der Waals surface area contributed by atoms with Crippen molar-refractivity contribution < 1.29 is 9.18 Å². The van der Waals surface area contributed by atoms with Gasteiger partial charge < -0.3 is 4.90 Å². The second-order valence-corrected chi connectivity index (χ2v) is 9.18. The van der Waals surface area contributed by atoms with Gasteiger partial charge in [0.2, 0.25) is 0 Å². The Bertz CT molecular complexity index is 1030. The number of benzene rings is 2. The Morgan fingerprint density at radius 1 is 1.14 bits per heavy atom. The van der Waals surface area contributed by atoms with Crippen LogP contribution in [0.3, 0.4) is 0 Å². The van der Waals surface area contributed by atoms with Crippen LogP contribution in [0.15, 0.2) is 41.4 Å². The molecule has 144 valence electrons. The number of fused-ring (bicyclic) bond motifs is 5. The van der Waals surface area contributed by atoms with Gasteiger partial charge in [-0.3, -0.25) is 9.79 Å². The van der Waals surface area contributed by atoms with Crippen molar-refractivity contribution in [3.05, 3.63) is 64.5 Å². The molecule has 1 aliphatic carbocycles. The van der Waals surface area contributed by atoms with Crippen LogP contribution in [0.25, 0.3) is 0 Å². The van der Waals surface area contributed by atoms with Gasteiger partial charge in [0, 0.05) is 36.2 Å². The molecule has 3 aliphatic rings. The summed E-state index contributed by atoms with van der Waals surface area (Å²) in [4.78, 5) is 19.9. The molecule has 1 amide bonds. The molecular formula is C24H25FN2O. The Hall–Kier alpha value is -2.49. The maximum absolute atomic E-state index is 14.0. The van der Waals surface area contributed by atoms with Gasteiger partial charge in [-0.15, -0.1) is 0 Å². The zero-order valence-electron chi connectivity index (χ0n) is 16.6. The quantitative estimate of drug-likeness (QED) is 0.701. The molecule has 2 bridgehead atoms. The predicted octanol–water partition coefficient (Wildman–Crippen LogP) is 4.84. The lowest BCUT2D eigenvalue weighted by atomic mass is 9.51. The number of likely N-dealkylation sites (tertiary alicyclic amines) is 1. The molecule has 0 radical (unpaired) electrons. The van der Waals surface area contributed by atoms with Gasteiger partial charge in [-0.1, -0.05) is 26.8 Å². The number of hydrogen-bond acceptors (Lipinski definition) is 2. The summed E-state index contributed by atoms with van der Waals surface area (Å²) in [5.41, 5.74) is 4.85. The lowest BCUT2D eigenvalue weighted by Gasteiger charge is -2.60. The van der Waals surface area contributed by atoms with Crippen molar-refractivity contribution in [2.45, 2.75) is 51.5 Å². The standard InChI is InChI=1S/C24H25FN2O/c1-23(2)21-13-15-4-6-18(25)14-19(15)24(23,3)9-11-27(21)22(28)17-5-7-20-16(12-17)8-10-26-20/h4-7,10,12,14,21H,8-9,11,13H2,1-3H3. The highest BCUT2D eigenvalue weighted by molar-refractivity contribution is 5.96. The normalized spacial score (nSPS) is 26.7. The van der Waals surface area contributed by atoms with E-state index in [1.165, 1.54) is 5.56 Å². The van der Waals surface area contributed by atoms with Crippen LogP contribution in [-0.2, 0) is 18.3 Å². The fourth-order valence-electron chi connectivity index (χ4n) is 5.53. The minimum atomic E-state index is -0.173. The van der Waals surface area contributed by atoms with Crippen LogP contribution in [0.2, 0.25) is 0 Å². The molecule has 3 nitrogen and oxygen atoms in total. The molecule has 0 spiro atoms. The fraction of sp³-hybridized carbons (Fsp3) is 0.417. The van der Waals surface area contributed by atoms with E-state index in [1.54, 1.807) is 12.1 Å². The Balaban J connectivity index is 1.54. The molecule has 1 saturated heterocycles. The van der Waals surface area contributed by atoms with Crippen molar-refractivity contribution in [1.29, 1.82) is 0 Å². The van der Waals surface area contributed by atoms with Crippen molar-refractivity contribution in [3.63, 3.8) is 0 Å². The topological polar surface area (TPSA) is 32.7 Å². The average molecular weight is 376 g/mol. The molecule has 2 aliphatic heterocycles. The third-order valence-electron chi connectivity index (χ3n) is 7.69. The Kier molecular flexibility index (Phi) is 3.62. The molecule has 2 heterocycles. The largest absolute Gasteiger partial charge is 0.335 e. The number of carbonyl (C=O) groups is 1. The second kappa shape index (κ2) is 5.76. The van der Waals surface area contributed by atoms with E-state index in [-0.39, 0.29) is 28.6 Å². The van der Waals surface area contributed by atoms with Crippen LogP contribution in [-0.4, -0.2) is 29.6 Å². The molecule has 0 aromatic heterocycles. The van der Waals surface area contributed by atoms with Gasteiger partial charge in [0.15, 0.2) is 0 Å². The van der Waals surface area contributed by atoms with E-state index in [4.69, 9.17) is 0 Å².